The Hall–Kier alpha value is -1.29. The van der Waals surface area contributed by atoms with Crippen LogP contribution in [0, 0.1) is 0 Å². The molecular weight excluding hydrogens is 278 g/mol. The van der Waals surface area contributed by atoms with Crippen molar-refractivity contribution in [1.82, 2.24) is 9.55 Å². The van der Waals surface area contributed by atoms with E-state index in [9.17, 15) is 0 Å². The van der Waals surface area contributed by atoms with Crippen LogP contribution in [-0.4, -0.2) is 9.55 Å². The van der Waals surface area contributed by atoms with Crippen LogP contribution in [0.2, 0.25) is 0 Å². The van der Waals surface area contributed by atoms with E-state index in [-0.39, 0.29) is 0 Å². The molecule has 2 rings (SSSR count). The van der Waals surface area contributed by atoms with Crippen LogP contribution >= 0.6 is 15.9 Å². The van der Waals surface area contributed by atoms with E-state index in [1.807, 2.05) is 35.2 Å². The maximum absolute atomic E-state index is 6.11. The molecule has 1 aromatic carbocycles. The van der Waals surface area contributed by atoms with Gasteiger partial charge >= 0.3 is 0 Å². The summed E-state index contributed by atoms with van der Waals surface area (Å²) in [5.74, 6) is 0.747. The van der Waals surface area contributed by atoms with Gasteiger partial charge in [0.25, 0.3) is 0 Å². The van der Waals surface area contributed by atoms with E-state index in [1.54, 1.807) is 0 Å². The van der Waals surface area contributed by atoms with Crippen molar-refractivity contribution in [2.24, 2.45) is 0 Å². The van der Waals surface area contributed by atoms with Crippen LogP contribution in [0.3, 0.4) is 0 Å². The number of rotatable bonds is 4. The van der Waals surface area contributed by atoms with E-state index in [1.165, 1.54) is 0 Å². The lowest BCUT2D eigenvalue weighted by molar-refractivity contribution is 0.637. The van der Waals surface area contributed by atoms with Crippen molar-refractivity contribution in [2.75, 3.05) is 5.73 Å². The third-order valence-corrected chi connectivity index (χ3v) is 3.22. The number of imidazole rings is 1. The number of halogens is 1. The first-order valence-corrected chi connectivity index (χ1v) is 6.58. The summed E-state index contributed by atoms with van der Waals surface area (Å²) in [5, 5.41) is 0. The van der Waals surface area contributed by atoms with Crippen molar-refractivity contribution in [3.63, 3.8) is 0 Å². The molecule has 0 atom stereocenters. The second-order valence-electron chi connectivity index (χ2n) is 4.04. The number of aromatic nitrogens is 2. The molecule has 3 nitrogen and oxygen atoms in total. The van der Waals surface area contributed by atoms with Gasteiger partial charge in [0.1, 0.15) is 11.5 Å². The zero-order valence-corrected chi connectivity index (χ0v) is 11.4. The highest BCUT2D eigenvalue weighted by Gasteiger charge is 2.09. The predicted molar refractivity (Wildman–Crippen MR) is 74.7 cm³/mol. The maximum atomic E-state index is 6.11. The fourth-order valence-corrected chi connectivity index (χ4v) is 2.16. The second-order valence-corrected chi connectivity index (χ2v) is 4.95. The first-order chi connectivity index (χ1) is 8.22. The number of benzene rings is 1. The van der Waals surface area contributed by atoms with Gasteiger partial charge in [0, 0.05) is 16.6 Å². The van der Waals surface area contributed by atoms with E-state index >= 15 is 0 Å². The number of nitrogens with zero attached hydrogens (tertiary/aromatic N) is 2. The van der Waals surface area contributed by atoms with E-state index in [0.29, 0.717) is 0 Å². The number of anilines is 1. The normalized spacial score (nSPS) is 10.7. The molecule has 0 saturated carbocycles. The Kier molecular flexibility index (Phi) is 3.84. The van der Waals surface area contributed by atoms with Gasteiger partial charge in [-0.1, -0.05) is 41.4 Å². The van der Waals surface area contributed by atoms with Crippen LogP contribution in [-0.2, 0) is 6.54 Å². The van der Waals surface area contributed by atoms with E-state index < -0.39 is 0 Å². The van der Waals surface area contributed by atoms with Gasteiger partial charge in [0.15, 0.2) is 0 Å². The molecule has 0 amide bonds. The quantitative estimate of drug-likeness (QED) is 0.934. The SMILES string of the molecule is CCCCn1cnc(-c2cccc(Br)c2)c1N. The summed E-state index contributed by atoms with van der Waals surface area (Å²) in [4.78, 5) is 4.40. The summed E-state index contributed by atoms with van der Waals surface area (Å²) in [6.07, 6.45) is 4.10. The molecule has 0 aliphatic rings. The Morgan fingerprint density at radius 2 is 2.24 bits per heavy atom. The van der Waals surface area contributed by atoms with Gasteiger partial charge in [0.05, 0.1) is 6.33 Å². The highest BCUT2D eigenvalue weighted by Crippen LogP contribution is 2.26. The van der Waals surface area contributed by atoms with E-state index in [4.69, 9.17) is 5.73 Å². The largest absolute Gasteiger partial charge is 0.383 e. The topological polar surface area (TPSA) is 43.8 Å². The highest BCUT2D eigenvalue weighted by molar-refractivity contribution is 9.10. The molecule has 2 N–H and O–H groups in total. The third-order valence-electron chi connectivity index (χ3n) is 2.73. The van der Waals surface area contributed by atoms with Crippen LogP contribution in [0.5, 0.6) is 0 Å². The molecule has 0 radical (unpaired) electrons. The molecule has 2 aromatic rings. The Balaban J connectivity index is 2.30. The summed E-state index contributed by atoms with van der Waals surface area (Å²) in [6, 6.07) is 8.04. The first kappa shape index (κ1) is 12.2. The number of hydrogen-bond acceptors (Lipinski definition) is 2. The fraction of sp³-hybridized carbons (Fsp3) is 0.308. The lowest BCUT2D eigenvalue weighted by Crippen LogP contribution is -2.01. The monoisotopic (exact) mass is 293 g/mol. The molecular formula is C13H16BrN3. The minimum atomic E-state index is 0.747. The van der Waals surface area contributed by atoms with E-state index in [2.05, 4.69) is 27.8 Å². The summed E-state index contributed by atoms with van der Waals surface area (Å²) in [7, 11) is 0. The van der Waals surface area contributed by atoms with Gasteiger partial charge in [-0.15, -0.1) is 0 Å². The average molecular weight is 294 g/mol. The smallest absolute Gasteiger partial charge is 0.131 e. The van der Waals surface area contributed by atoms with Crippen LogP contribution < -0.4 is 5.73 Å². The van der Waals surface area contributed by atoms with Crippen molar-refractivity contribution in [2.45, 2.75) is 26.3 Å². The van der Waals surface area contributed by atoms with Gasteiger partial charge in [-0.2, -0.15) is 0 Å². The highest BCUT2D eigenvalue weighted by atomic mass is 79.9. The lowest BCUT2D eigenvalue weighted by atomic mass is 10.1. The Labute approximate surface area is 110 Å². The number of aryl methyl sites for hydroxylation is 1. The summed E-state index contributed by atoms with van der Waals surface area (Å²) in [5.41, 5.74) is 8.02. The maximum Gasteiger partial charge on any atom is 0.131 e. The zero-order valence-electron chi connectivity index (χ0n) is 9.86. The van der Waals surface area contributed by atoms with E-state index in [0.717, 1.165) is 40.9 Å². The Morgan fingerprint density at radius 1 is 1.41 bits per heavy atom. The minimum Gasteiger partial charge on any atom is -0.383 e. The van der Waals surface area contributed by atoms with Gasteiger partial charge in [-0.05, 0) is 18.6 Å². The summed E-state index contributed by atoms with van der Waals surface area (Å²) in [6.45, 7) is 3.10. The molecule has 0 fully saturated rings. The zero-order chi connectivity index (χ0) is 12.3. The van der Waals surface area contributed by atoms with Gasteiger partial charge < -0.3 is 10.3 Å². The summed E-state index contributed by atoms with van der Waals surface area (Å²) >= 11 is 3.46. The Morgan fingerprint density at radius 3 is 2.94 bits per heavy atom. The number of nitrogen functional groups attached to an aromatic ring is 1. The molecule has 17 heavy (non-hydrogen) atoms. The number of nitrogens with two attached hydrogens (primary N) is 1. The molecule has 0 bridgehead atoms. The van der Waals surface area contributed by atoms with Crippen LogP contribution in [0.25, 0.3) is 11.3 Å². The Bertz CT molecular complexity index is 505. The average Bonchev–Trinajstić information content (AvgIpc) is 2.68. The molecule has 1 aromatic heterocycles. The third kappa shape index (κ3) is 2.69. The molecule has 0 unspecified atom stereocenters. The van der Waals surface area contributed by atoms with Crippen LogP contribution in [0.1, 0.15) is 19.8 Å². The fourth-order valence-electron chi connectivity index (χ4n) is 1.76. The minimum absolute atomic E-state index is 0.747. The van der Waals surface area contributed by atoms with Crippen LogP contribution in [0.15, 0.2) is 35.1 Å². The van der Waals surface area contributed by atoms with Crippen molar-refractivity contribution >= 4 is 21.7 Å². The van der Waals surface area contributed by atoms with Crippen molar-refractivity contribution in [1.29, 1.82) is 0 Å². The van der Waals surface area contributed by atoms with Crippen LogP contribution in [0.4, 0.5) is 5.82 Å². The number of unbranched alkanes of at least 4 members (excludes halogenated alkanes) is 1. The van der Waals surface area contributed by atoms with Crippen molar-refractivity contribution < 1.29 is 0 Å². The lowest BCUT2D eigenvalue weighted by Gasteiger charge is -2.04. The standard InChI is InChI=1S/C13H16BrN3/c1-2-3-7-17-9-16-12(13(17)15)10-5-4-6-11(14)8-10/h4-6,8-9H,2-3,7,15H2,1H3. The number of hydrogen-bond donors (Lipinski definition) is 1. The second kappa shape index (κ2) is 5.36. The molecule has 4 heteroatoms. The van der Waals surface area contributed by atoms with Gasteiger partial charge in [-0.25, -0.2) is 4.98 Å². The van der Waals surface area contributed by atoms with Gasteiger partial charge in [0.2, 0.25) is 0 Å². The first-order valence-electron chi connectivity index (χ1n) is 5.79. The molecule has 0 aliphatic heterocycles. The molecule has 0 aliphatic carbocycles. The van der Waals surface area contributed by atoms with Crippen molar-refractivity contribution in [3.05, 3.63) is 35.1 Å². The molecule has 0 spiro atoms. The van der Waals surface area contributed by atoms with Crippen molar-refractivity contribution in [3.8, 4) is 11.3 Å². The molecule has 0 saturated heterocycles. The predicted octanol–water partition coefficient (Wildman–Crippen LogP) is 3.69. The molecule has 1 heterocycles. The van der Waals surface area contributed by atoms with Gasteiger partial charge in [-0.3, -0.25) is 0 Å². The molecule has 90 valence electrons. The summed E-state index contributed by atoms with van der Waals surface area (Å²) < 4.78 is 3.05.